The number of carbonyl (C=O) groups is 3. The SMILES string of the molecule is O=C(CCC(=O)OCCCc1ccccc1)NC(=S)NNC(=O)c1ccccc1. The van der Waals surface area contributed by atoms with Gasteiger partial charge in [-0.25, -0.2) is 0 Å². The zero-order chi connectivity index (χ0) is 20.9. The Morgan fingerprint density at radius 2 is 1.52 bits per heavy atom. The molecule has 0 aromatic heterocycles. The molecule has 2 amide bonds. The zero-order valence-electron chi connectivity index (χ0n) is 15.9. The number of thiocarbonyl (C=S) groups is 1. The summed E-state index contributed by atoms with van der Waals surface area (Å²) < 4.78 is 5.12. The van der Waals surface area contributed by atoms with Gasteiger partial charge in [0.1, 0.15) is 0 Å². The van der Waals surface area contributed by atoms with E-state index in [-0.39, 0.29) is 23.9 Å². The highest BCUT2D eigenvalue weighted by Crippen LogP contribution is 2.03. The van der Waals surface area contributed by atoms with Crippen molar-refractivity contribution in [2.45, 2.75) is 25.7 Å². The van der Waals surface area contributed by atoms with Crippen LogP contribution in [0.15, 0.2) is 60.7 Å². The second-order valence-electron chi connectivity index (χ2n) is 6.13. The maximum Gasteiger partial charge on any atom is 0.306 e. The van der Waals surface area contributed by atoms with Crippen LogP contribution in [0, 0.1) is 0 Å². The van der Waals surface area contributed by atoms with Gasteiger partial charge in [-0.05, 0) is 42.8 Å². The van der Waals surface area contributed by atoms with Crippen LogP contribution in [0.1, 0.15) is 35.2 Å². The van der Waals surface area contributed by atoms with Crippen LogP contribution < -0.4 is 16.2 Å². The van der Waals surface area contributed by atoms with Crippen LogP contribution in [0.4, 0.5) is 0 Å². The van der Waals surface area contributed by atoms with Crippen LogP contribution in [0.3, 0.4) is 0 Å². The molecule has 152 valence electrons. The summed E-state index contributed by atoms with van der Waals surface area (Å²) >= 11 is 4.94. The molecule has 2 aromatic rings. The summed E-state index contributed by atoms with van der Waals surface area (Å²) in [6.07, 6.45) is 1.43. The van der Waals surface area contributed by atoms with Crippen molar-refractivity contribution < 1.29 is 19.1 Å². The van der Waals surface area contributed by atoms with Gasteiger partial charge in [-0.15, -0.1) is 0 Å². The molecule has 0 aliphatic heterocycles. The predicted octanol–water partition coefficient (Wildman–Crippen LogP) is 2.28. The van der Waals surface area contributed by atoms with Gasteiger partial charge in [0.15, 0.2) is 5.11 Å². The lowest BCUT2D eigenvalue weighted by Gasteiger charge is -2.10. The Labute approximate surface area is 174 Å². The number of ether oxygens (including phenoxy) is 1. The van der Waals surface area contributed by atoms with Crippen molar-refractivity contribution in [1.29, 1.82) is 0 Å². The largest absolute Gasteiger partial charge is 0.466 e. The topological polar surface area (TPSA) is 96.5 Å². The van der Waals surface area contributed by atoms with Gasteiger partial charge in [-0.2, -0.15) is 0 Å². The van der Waals surface area contributed by atoms with Gasteiger partial charge in [-0.3, -0.25) is 25.2 Å². The number of benzene rings is 2. The Morgan fingerprint density at radius 3 is 2.21 bits per heavy atom. The van der Waals surface area contributed by atoms with Crippen molar-refractivity contribution in [2.24, 2.45) is 0 Å². The smallest absolute Gasteiger partial charge is 0.306 e. The number of nitrogens with one attached hydrogen (secondary N) is 3. The number of amides is 2. The van der Waals surface area contributed by atoms with Gasteiger partial charge in [0.25, 0.3) is 5.91 Å². The summed E-state index contributed by atoms with van der Waals surface area (Å²) in [6.45, 7) is 0.306. The van der Waals surface area contributed by atoms with Crippen LogP contribution >= 0.6 is 12.2 Å². The Bertz CT molecular complexity index is 828. The number of aryl methyl sites for hydroxylation is 1. The number of hydrazine groups is 1. The summed E-state index contributed by atoms with van der Waals surface area (Å²) in [5.41, 5.74) is 6.45. The monoisotopic (exact) mass is 413 g/mol. The summed E-state index contributed by atoms with van der Waals surface area (Å²) in [5.74, 6) is -1.27. The number of carbonyl (C=O) groups excluding carboxylic acids is 3. The molecule has 0 aliphatic rings. The van der Waals surface area contributed by atoms with Crippen molar-refractivity contribution >= 4 is 35.1 Å². The minimum Gasteiger partial charge on any atom is -0.466 e. The van der Waals surface area contributed by atoms with Gasteiger partial charge < -0.3 is 10.1 Å². The molecule has 29 heavy (non-hydrogen) atoms. The van der Waals surface area contributed by atoms with Gasteiger partial charge in [0, 0.05) is 12.0 Å². The van der Waals surface area contributed by atoms with Gasteiger partial charge in [0.05, 0.1) is 13.0 Å². The molecule has 0 aliphatic carbocycles. The third kappa shape index (κ3) is 8.98. The first-order valence-corrected chi connectivity index (χ1v) is 9.60. The molecule has 3 N–H and O–H groups in total. The molecule has 7 nitrogen and oxygen atoms in total. The second-order valence-corrected chi connectivity index (χ2v) is 6.54. The van der Waals surface area contributed by atoms with E-state index < -0.39 is 11.9 Å². The average molecular weight is 413 g/mol. The zero-order valence-corrected chi connectivity index (χ0v) is 16.7. The lowest BCUT2D eigenvalue weighted by Crippen LogP contribution is -2.48. The molecule has 2 rings (SSSR count). The molecular formula is C21H23N3O4S. The van der Waals surface area contributed by atoms with E-state index in [1.165, 1.54) is 5.56 Å². The van der Waals surface area contributed by atoms with E-state index in [0.29, 0.717) is 12.2 Å². The van der Waals surface area contributed by atoms with Crippen molar-refractivity contribution in [3.05, 3.63) is 71.8 Å². The van der Waals surface area contributed by atoms with E-state index in [1.807, 2.05) is 30.3 Å². The lowest BCUT2D eigenvalue weighted by atomic mass is 10.1. The van der Waals surface area contributed by atoms with E-state index >= 15 is 0 Å². The quantitative estimate of drug-likeness (QED) is 0.266. The molecule has 0 heterocycles. The summed E-state index contributed by atoms with van der Waals surface area (Å²) in [5, 5.41) is 2.33. The van der Waals surface area contributed by atoms with Crippen LogP contribution in [-0.4, -0.2) is 29.5 Å². The minimum absolute atomic E-state index is 0.0455. The molecule has 0 unspecified atom stereocenters. The first kappa shape index (κ1) is 22.0. The summed E-state index contributed by atoms with van der Waals surface area (Å²) in [6, 6.07) is 18.5. The fourth-order valence-corrected chi connectivity index (χ4v) is 2.56. The van der Waals surface area contributed by atoms with E-state index in [4.69, 9.17) is 17.0 Å². The van der Waals surface area contributed by atoms with Crippen LogP contribution in [0.2, 0.25) is 0 Å². The standard InChI is InChI=1S/C21H23N3O4S/c25-18(22-21(29)24-23-20(27)17-11-5-2-6-12-17)13-14-19(26)28-15-7-10-16-8-3-1-4-9-16/h1-6,8-9,11-12H,7,10,13-15H2,(H,23,27)(H2,22,24,25,29). The number of hydrogen-bond donors (Lipinski definition) is 3. The summed E-state index contributed by atoms with van der Waals surface area (Å²) in [4.78, 5) is 35.4. The van der Waals surface area contributed by atoms with Crippen LogP contribution in [-0.2, 0) is 20.7 Å². The third-order valence-corrected chi connectivity index (χ3v) is 4.05. The molecule has 0 saturated heterocycles. The second kappa shape index (κ2) is 12.2. The van der Waals surface area contributed by atoms with Crippen LogP contribution in [0.25, 0.3) is 0 Å². The number of rotatable bonds is 8. The normalized spacial score (nSPS) is 9.93. The molecule has 0 atom stereocenters. The summed E-state index contributed by atoms with van der Waals surface area (Å²) in [7, 11) is 0. The molecular weight excluding hydrogens is 390 g/mol. The first-order valence-electron chi connectivity index (χ1n) is 9.19. The average Bonchev–Trinajstić information content (AvgIpc) is 2.75. The maximum absolute atomic E-state index is 11.9. The Morgan fingerprint density at radius 1 is 0.862 bits per heavy atom. The maximum atomic E-state index is 11.9. The molecule has 0 radical (unpaired) electrons. The van der Waals surface area contributed by atoms with Crippen LogP contribution in [0.5, 0.6) is 0 Å². The van der Waals surface area contributed by atoms with Crippen molar-refractivity contribution in [3.63, 3.8) is 0 Å². The van der Waals surface area contributed by atoms with Crippen molar-refractivity contribution in [1.82, 2.24) is 16.2 Å². The molecule has 8 heteroatoms. The molecule has 0 saturated carbocycles. The number of hydrogen-bond acceptors (Lipinski definition) is 5. The van der Waals surface area contributed by atoms with Gasteiger partial charge >= 0.3 is 5.97 Å². The fraction of sp³-hybridized carbons (Fsp3) is 0.238. The third-order valence-electron chi connectivity index (χ3n) is 3.85. The van der Waals surface area contributed by atoms with Gasteiger partial charge in [0.2, 0.25) is 5.91 Å². The Kier molecular flexibility index (Phi) is 9.31. The predicted molar refractivity (Wildman–Crippen MR) is 113 cm³/mol. The van der Waals surface area contributed by atoms with Crippen molar-refractivity contribution in [2.75, 3.05) is 6.61 Å². The lowest BCUT2D eigenvalue weighted by molar-refractivity contribution is -0.145. The number of esters is 1. The molecule has 0 bridgehead atoms. The highest BCUT2D eigenvalue weighted by atomic mass is 32.1. The molecule has 0 fully saturated rings. The highest BCUT2D eigenvalue weighted by molar-refractivity contribution is 7.80. The van der Waals surface area contributed by atoms with E-state index in [9.17, 15) is 14.4 Å². The molecule has 0 spiro atoms. The highest BCUT2D eigenvalue weighted by Gasteiger charge is 2.10. The minimum atomic E-state index is -0.447. The molecule has 2 aromatic carbocycles. The van der Waals surface area contributed by atoms with Gasteiger partial charge in [-0.1, -0.05) is 48.5 Å². The Hall–Kier alpha value is -3.26. The van der Waals surface area contributed by atoms with E-state index in [0.717, 1.165) is 12.8 Å². The van der Waals surface area contributed by atoms with E-state index in [2.05, 4.69) is 16.2 Å². The van der Waals surface area contributed by atoms with E-state index in [1.54, 1.807) is 30.3 Å². The first-order chi connectivity index (χ1) is 14.0. The van der Waals surface area contributed by atoms with Crippen molar-refractivity contribution in [3.8, 4) is 0 Å². The Balaban J connectivity index is 1.55. The fourth-order valence-electron chi connectivity index (χ4n) is 2.39.